The maximum atomic E-state index is 12.3. The fraction of sp³-hybridized carbons (Fsp3) is 0.125. The molecule has 0 atom stereocenters. The van der Waals surface area contributed by atoms with Crippen molar-refractivity contribution in [3.8, 4) is 0 Å². The zero-order chi connectivity index (χ0) is 18.0. The highest BCUT2D eigenvalue weighted by Crippen LogP contribution is 2.25. The van der Waals surface area contributed by atoms with Gasteiger partial charge in [0.15, 0.2) is 0 Å². The molecular formula is C16H13N3O5S. The molecule has 0 saturated heterocycles. The maximum Gasteiger partial charge on any atom is 0.343 e. The van der Waals surface area contributed by atoms with Gasteiger partial charge < -0.3 is 9.47 Å². The van der Waals surface area contributed by atoms with Crippen LogP contribution in [0, 0.1) is 0 Å². The van der Waals surface area contributed by atoms with Gasteiger partial charge in [0.1, 0.15) is 11.1 Å². The standard InChI is InChI=1S/C16H13N3O5S/c1-23-14(21)9-7-19(8-10(13(9)20)15(22)24-2)18-16-17-11-5-3-4-6-12(11)25-16/h3-8H,1-2H3,(H,17,18). The van der Waals surface area contributed by atoms with E-state index in [4.69, 9.17) is 0 Å². The van der Waals surface area contributed by atoms with Gasteiger partial charge in [-0.3, -0.25) is 14.9 Å². The minimum Gasteiger partial charge on any atom is -0.465 e. The van der Waals surface area contributed by atoms with E-state index >= 15 is 0 Å². The van der Waals surface area contributed by atoms with Crippen LogP contribution in [-0.2, 0) is 9.47 Å². The van der Waals surface area contributed by atoms with Crippen molar-refractivity contribution < 1.29 is 19.1 Å². The second-order valence-corrected chi connectivity index (χ2v) is 5.93. The molecule has 8 nitrogen and oxygen atoms in total. The first-order valence-electron chi connectivity index (χ1n) is 7.09. The van der Waals surface area contributed by atoms with Crippen LogP contribution in [-0.4, -0.2) is 35.8 Å². The van der Waals surface area contributed by atoms with Gasteiger partial charge in [0.05, 0.1) is 24.4 Å². The van der Waals surface area contributed by atoms with Crippen LogP contribution in [0.4, 0.5) is 5.13 Å². The average Bonchev–Trinajstić information content (AvgIpc) is 3.03. The minimum absolute atomic E-state index is 0.293. The predicted octanol–water partition coefficient (Wildman–Crippen LogP) is 1.91. The zero-order valence-electron chi connectivity index (χ0n) is 13.3. The first-order valence-corrected chi connectivity index (χ1v) is 7.90. The quantitative estimate of drug-likeness (QED) is 0.710. The van der Waals surface area contributed by atoms with Crippen LogP contribution in [0.2, 0.25) is 0 Å². The second kappa shape index (κ2) is 6.73. The lowest BCUT2D eigenvalue weighted by molar-refractivity contribution is 0.0594. The van der Waals surface area contributed by atoms with Gasteiger partial charge in [0, 0.05) is 12.4 Å². The highest BCUT2D eigenvalue weighted by atomic mass is 32.1. The van der Waals surface area contributed by atoms with Gasteiger partial charge in [-0.15, -0.1) is 0 Å². The summed E-state index contributed by atoms with van der Waals surface area (Å²) >= 11 is 1.38. The molecule has 3 aromatic rings. The number of fused-ring (bicyclic) bond motifs is 1. The summed E-state index contributed by atoms with van der Waals surface area (Å²) in [5, 5.41) is 0.525. The molecule has 0 unspecified atom stereocenters. The highest BCUT2D eigenvalue weighted by molar-refractivity contribution is 7.22. The Balaban J connectivity index is 2.06. The molecule has 0 saturated carbocycles. The Kier molecular flexibility index (Phi) is 4.48. The zero-order valence-corrected chi connectivity index (χ0v) is 14.1. The monoisotopic (exact) mass is 359 g/mol. The number of hydrogen-bond acceptors (Lipinski definition) is 8. The van der Waals surface area contributed by atoms with E-state index in [-0.39, 0.29) is 11.1 Å². The van der Waals surface area contributed by atoms with Crippen LogP contribution < -0.4 is 10.9 Å². The van der Waals surface area contributed by atoms with E-state index in [1.165, 1.54) is 28.4 Å². The van der Waals surface area contributed by atoms with Gasteiger partial charge in [-0.2, -0.15) is 0 Å². The molecule has 3 rings (SSSR count). The molecule has 9 heteroatoms. The number of para-hydroxylation sites is 1. The number of esters is 2. The van der Waals surface area contributed by atoms with Gasteiger partial charge in [-0.25, -0.2) is 14.6 Å². The highest BCUT2D eigenvalue weighted by Gasteiger charge is 2.20. The Labute approximate surface area is 145 Å². The topological polar surface area (TPSA) is 99.5 Å². The summed E-state index contributed by atoms with van der Waals surface area (Å²) in [6.07, 6.45) is 2.49. The number of aromatic nitrogens is 2. The molecule has 1 N–H and O–H groups in total. The fourth-order valence-corrected chi connectivity index (χ4v) is 3.05. The lowest BCUT2D eigenvalue weighted by Crippen LogP contribution is -2.27. The molecule has 2 aromatic heterocycles. The number of nitrogens with one attached hydrogen (secondary N) is 1. The van der Waals surface area contributed by atoms with Crippen LogP contribution >= 0.6 is 11.3 Å². The maximum absolute atomic E-state index is 12.3. The number of anilines is 1. The van der Waals surface area contributed by atoms with E-state index in [1.807, 2.05) is 24.3 Å². The second-order valence-electron chi connectivity index (χ2n) is 4.90. The number of ether oxygens (including phenoxy) is 2. The van der Waals surface area contributed by atoms with Gasteiger partial charge in [-0.1, -0.05) is 23.5 Å². The van der Waals surface area contributed by atoms with Gasteiger partial charge in [0.25, 0.3) is 0 Å². The van der Waals surface area contributed by atoms with Crippen molar-refractivity contribution in [2.24, 2.45) is 0 Å². The number of thiazole rings is 1. The Bertz CT molecular complexity index is 951. The normalized spacial score (nSPS) is 10.5. The number of rotatable bonds is 4. The number of pyridine rings is 1. The Hall–Kier alpha value is -3.20. The SMILES string of the molecule is COC(=O)c1cn(Nc2nc3ccccc3s2)cc(C(=O)OC)c1=O. The number of methoxy groups -OCH3 is 2. The number of hydrogen-bond donors (Lipinski definition) is 1. The van der Waals surface area contributed by atoms with Gasteiger partial charge in [0.2, 0.25) is 10.6 Å². The summed E-state index contributed by atoms with van der Waals surface area (Å²) in [5.41, 5.74) is 2.38. The van der Waals surface area contributed by atoms with Crippen LogP contribution in [0.15, 0.2) is 41.5 Å². The Morgan fingerprint density at radius 2 is 1.68 bits per heavy atom. The predicted molar refractivity (Wildman–Crippen MR) is 92.0 cm³/mol. The molecule has 0 radical (unpaired) electrons. The van der Waals surface area contributed by atoms with E-state index in [9.17, 15) is 14.4 Å². The summed E-state index contributed by atoms with van der Waals surface area (Å²) in [7, 11) is 2.30. The fourth-order valence-electron chi connectivity index (χ4n) is 2.18. The molecule has 0 fully saturated rings. The van der Waals surface area contributed by atoms with Crippen molar-refractivity contribution in [1.82, 2.24) is 9.66 Å². The van der Waals surface area contributed by atoms with Gasteiger partial charge >= 0.3 is 11.9 Å². The van der Waals surface area contributed by atoms with Crippen LogP contribution in [0.25, 0.3) is 10.2 Å². The molecule has 128 valence electrons. The van der Waals surface area contributed by atoms with Crippen molar-refractivity contribution in [1.29, 1.82) is 0 Å². The molecule has 0 aliphatic heterocycles. The van der Waals surface area contributed by atoms with Crippen LogP contribution in [0.3, 0.4) is 0 Å². The lowest BCUT2D eigenvalue weighted by Gasteiger charge is -2.10. The molecule has 0 aliphatic carbocycles. The number of carbonyl (C=O) groups excluding carboxylic acids is 2. The van der Waals surface area contributed by atoms with Crippen molar-refractivity contribution in [3.05, 3.63) is 58.0 Å². The Morgan fingerprint density at radius 1 is 1.08 bits per heavy atom. The summed E-state index contributed by atoms with van der Waals surface area (Å²) in [6.45, 7) is 0. The van der Waals surface area contributed by atoms with Crippen molar-refractivity contribution >= 4 is 38.6 Å². The molecule has 25 heavy (non-hydrogen) atoms. The molecule has 0 spiro atoms. The molecule has 1 aromatic carbocycles. The number of nitrogens with zero attached hydrogens (tertiary/aromatic N) is 2. The van der Waals surface area contributed by atoms with Crippen molar-refractivity contribution in [2.45, 2.75) is 0 Å². The third-order valence-electron chi connectivity index (χ3n) is 3.35. The first-order chi connectivity index (χ1) is 12.0. The third kappa shape index (κ3) is 3.22. The van der Waals surface area contributed by atoms with Crippen molar-refractivity contribution in [2.75, 3.05) is 19.6 Å². The van der Waals surface area contributed by atoms with Crippen molar-refractivity contribution in [3.63, 3.8) is 0 Å². The molecule has 0 aliphatic rings. The third-order valence-corrected chi connectivity index (χ3v) is 4.30. The minimum atomic E-state index is -0.851. The average molecular weight is 359 g/mol. The number of benzene rings is 1. The first kappa shape index (κ1) is 16.7. The summed E-state index contributed by atoms with van der Waals surface area (Å²) in [4.78, 5) is 40.3. The largest absolute Gasteiger partial charge is 0.465 e. The smallest absolute Gasteiger partial charge is 0.343 e. The van der Waals surface area contributed by atoms with E-state index in [2.05, 4.69) is 19.9 Å². The van der Waals surface area contributed by atoms with Crippen LogP contribution in [0.5, 0.6) is 0 Å². The van der Waals surface area contributed by atoms with E-state index < -0.39 is 17.4 Å². The lowest BCUT2D eigenvalue weighted by atomic mass is 10.2. The van der Waals surface area contributed by atoms with Gasteiger partial charge in [-0.05, 0) is 12.1 Å². The van der Waals surface area contributed by atoms with E-state index in [1.54, 1.807) is 0 Å². The van der Waals surface area contributed by atoms with Crippen LogP contribution in [0.1, 0.15) is 20.7 Å². The molecule has 0 bridgehead atoms. The Morgan fingerprint density at radius 3 is 2.24 bits per heavy atom. The van der Waals surface area contributed by atoms with E-state index in [0.29, 0.717) is 5.13 Å². The molecule has 2 heterocycles. The summed E-state index contributed by atoms with van der Waals surface area (Å²) in [5.74, 6) is -1.70. The number of carbonyl (C=O) groups is 2. The summed E-state index contributed by atoms with van der Waals surface area (Å²) < 4.78 is 11.5. The molecular weight excluding hydrogens is 346 g/mol. The van der Waals surface area contributed by atoms with E-state index in [0.717, 1.165) is 24.4 Å². The molecule has 0 amide bonds. The summed E-state index contributed by atoms with van der Waals surface area (Å²) in [6, 6.07) is 7.55.